The lowest BCUT2D eigenvalue weighted by Crippen LogP contribution is -2.18. The summed E-state index contributed by atoms with van der Waals surface area (Å²) in [7, 11) is 0. The maximum absolute atomic E-state index is 12.7. The van der Waals surface area contributed by atoms with Gasteiger partial charge in [0.05, 0.1) is 5.56 Å². The fourth-order valence-corrected chi connectivity index (χ4v) is 2.19. The predicted molar refractivity (Wildman–Crippen MR) is 53.7 cm³/mol. The van der Waals surface area contributed by atoms with Gasteiger partial charge in [-0.15, -0.1) is 0 Å². The van der Waals surface area contributed by atoms with E-state index in [1.54, 1.807) is 0 Å². The van der Waals surface area contributed by atoms with E-state index in [1.165, 1.54) is 6.07 Å². The molecule has 0 amide bonds. The number of Topliss-reactive ketones (excluding diaryl/α,β-unsaturated/α-hetero) is 1. The largest absolute Gasteiger partial charge is 0.416 e. The Labute approximate surface area is 95.2 Å². The summed E-state index contributed by atoms with van der Waals surface area (Å²) in [4.78, 5) is 11.5. The van der Waals surface area contributed by atoms with Crippen molar-refractivity contribution in [1.82, 2.24) is 0 Å². The monoisotopic (exact) mass is 248 g/mol. The van der Waals surface area contributed by atoms with Crippen molar-refractivity contribution in [3.63, 3.8) is 0 Å². The van der Waals surface area contributed by atoms with Gasteiger partial charge in [0.25, 0.3) is 0 Å². The Hall–Kier alpha value is -1.03. The molecule has 0 bridgehead atoms. The third-order valence-electron chi connectivity index (χ3n) is 2.65. The van der Waals surface area contributed by atoms with Crippen molar-refractivity contribution in [3.05, 3.63) is 33.8 Å². The van der Waals surface area contributed by atoms with Gasteiger partial charge in [-0.2, -0.15) is 13.2 Å². The lowest BCUT2D eigenvalue weighted by Gasteiger charge is -2.20. The number of carbonyl (C=O) groups is 1. The second kappa shape index (κ2) is 3.77. The summed E-state index contributed by atoms with van der Waals surface area (Å²) in [5.74, 6) is -0.255. The highest BCUT2D eigenvalue weighted by molar-refractivity contribution is 6.31. The van der Waals surface area contributed by atoms with Gasteiger partial charge in [-0.25, -0.2) is 0 Å². The van der Waals surface area contributed by atoms with Crippen molar-refractivity contribution < 1.29 is 18.0 Å². The number of benzene rings is 1. The van der Waals surface area contributed by atoms with Crippen LogP contribution in [0.3, 0.4) is 0 Å². The molecular weight excluding hydrogens is 241 g/mol. The van der Waals surface area contributed by atoms with Crippen LogP contribution in [0.15, 0.2) is 12.1 Å². The first kappa shape index (κ1) is 11.5. The first-order valence-electron chi connectivity index (χ1n) is 4.82. The fourth-order valence-electron chi connectivity index (χ4n) is 1.97. The topological polar surface area (TPSA) is 17.1 Å². The van der Waals surface area contributed by atoms with Crippen LogP contribution in [0.25, 0.3) is 0 Å². The van der Waals surface area contributed by atoms with Crippen LogP contribution in [0.5, 0.6) is 0 Å². The number of rotatable bonds is 0. The van der Waals surface area contributed by atoms with Gasteiger partial charge in [-0.05, 0) is 30.5 Å². The van der Waals surface area contributed by atoms with Gasteiger partial charge in [0.2, 0.25) is 0 Å². The Bertz CT molecular complexity index is 451. The quantitative estimate of drug-likeness (QED) is 0.681. The van der Waals surface area contributed by atoms with E-state index in [9.17, 15) is 18.0 Å². The van der Waals surface area contributed by atoms with Gasteiger partial charge < -0.3 is 0 Å². The number of fused-ring (bicyclic) bond motifs is 1. The molecule has 0 spiro atoms. The molecule has 0 aliphatic heterocycles. The average Bonchev–Trinajstić information content (AvgIpc) is 2.17. The van der Waals surface area contributed by atoms with Crippen LogP contribution in [-0.4, -0.2) is 5.78 Å². The molecule has 16 heavy (non-hydrogen) atoms. The van der Waals surface area contributed by atoms with Crippen LogP contribution < -0.4 is 0 Å². The summed E-state index contributed by atoms with van der Waals surface area (Å²) in [6, 6.07) is 2.21. The zero-order valence-corrected chi connectivity index (χ0v) is 8.95. The van der Waals surface area contributed by atoms with E-state index in [4.69, 9.17) is 11.6 Å². The number of halogens is 4. The van der Waals surface area contributed by atoms with Gasteiger partial charge in [0.15, 0.2) is 5.78 Å². The normalized spacial score (nSPS) is 16.1. The summed E-state index contributed by atoms with van der Waals surface area (Å²) in [6.45, 7) is 0. The molecule has 0 radical (unpaired) electrons. The van der Waals surface area contributed by atoms with E-state index >= 15 is 0 Å². The number of hydrogen-bond acceptors (Lipinski definition) is 1. The minimum Gasteiger partial charge on any atom is -0.294 e. The third-order valence-corrected chi connectivity index (χ3v) is 2.87. The van der Waals surface area contributed by atoms with Crippen molar-refractivity contribution >= 4 is 17.4 Å². The zero-order chi connectivity index (χ0) is 11.9. The molecule has 1 aliphatic carbocycles. The Balaban J connectivity index is 2.67. The second-order valence-electron chi connectivity index (χ2n) is 3.75. The van der Waals surface area contributed by atoms with E-state index in [-0.39, 0.29) is 28.4 Å². The molecule has 2 rings (SSSR count). The van der Waals surface area contributed by atoms with Gasteiger partial charge >= 0.3 is 6.18 Å². The molecule has 0 N–H and O–H groups in total. The highest BCUT2D eigenvalue weighted by Gasteiger charge is 2.36. The SMILES string of the molecule is O=C1CCCc2c1cc(Cl)cc2C(F)(F)F. The molecule has 0 aromatic heterocycles. The first-order chi connectivity index (χ1) is 7.39. The second-order valence-corrected chi connectivity index (χ2v) is 4.19. The molecule has 1 aliphatic rings. The van der Waals surface area contributed by atoms with Crippen molar-refractivity contribution in [3.8, 4) is 0 Å². The van der Waals surface area contributed by atoms with Crippen molar-refractivity contribution in [2.24, 2.45) is 0 Å². The minimum absolute atomic E-state index is 0.0404. The van der Waals surface area contributed by atoms with Gasteiger partial charge in [-0.1, -0.05) is 11.6 Å². The predicted octanol–water partition coefficient (Wildman–Crippen LogP) is 3.88. The molecule has 1 nitrogen and oxygen atoms in total. The molecule has 0 saturated heterocycles. The third kappa shape index (κ3) is 1.94. The van der Waals surface area contributed by atoms with Crippen molar-refractivity contribution in [2.45, 2.75) is 25.4 Å². The number of carbonyl (C=O) groups excluding carboxylic acids is 1. The molecule has 0 saturated carbocycles. The maximum atomic E-state index is 12.7. The summed E-state index contributed by atoms with van der Waals surface area (Å²) in [5, 5.41) is -0.0404. The van der Waals surface area contributed by atoms with Gasteiger partial charge in [0.1, 0.15) is 0 Å². The molecule has 86 valence electrons. The van der Waals surface area contributed by atoms with Crippen LogP contribution in [0, 0.1) is 0 Å². The molecule has 1 aromatic carbocycles. The van der Waals surface area contributed by atoms with E-state index < -0.39 is 11.7 Å². The first-order valence-corrected chi connectivity index (χ1v) is 5.20. The number of alkyl halides is 3. The molecule has 0 atom stereocenters. The molecule has 0 fully saturated rings. The molecule has 0 heterocycles. The van der Waals surface area contributed by atoms with E-state index in [0.29, 0.717) is 12.8 Å². The highest BCUT2D eigenvalue weighted by Crippen LogP contribution is 2.38. The lowest BCUT2D eigenvalue weighted by molar-refractivity contribution is -0.138. The van der Waals surface area contributed by atoms with E-state index in [2.05, 4.69) is 0 Å². The van der Waals surface area contributed by atoms with E-state index in [0.717, 1.165) is 6.07 Å². The smallest absolute Gasteiger partial charge is 0.294 e. The Morgan fingerprint density at radius 2 is 1.88 bits per heavy atom. The summed E-state index contributed by atoms with van der Waals surface area (Å²) < 4.78 is 38.1. The summed E-state index contributed by atoms with van der Waals surface area (Å²) in [6.07, 6.45) is -3.40. The molecule has 5 heteroatoms. The van der Waals surface area contributed by atoms with Crippen LogP contribution in [0.2, 0.25) is 5.02 Å². The van der Waals surface area contributed by atoms with Crippen LogP contribution in [-0.2, 0) is 12.6 Å². The summed E-state index contributed by atoms with van der Waals surface area (Å²) >= 11 is 5.60. The standard InChI is InChI=1S/C11H8ClF3O/c12-6-4-8-7(2-1-3-10(8)16)9(5-6)11(13,14)15/h4-5H,1-3H2. The Morgan fingerprint density at radius 3 is 2.50 bits per heavy atom. The Kier molecular flexibility index (Phi) is 2.70. The highest BCUT2D eigenvalue weighted by atomic mass is 35.5. The van der Waals surface area contributed by atoms with Crippen LogP contribution in [0.1, 0.15) is 34.3 Å². The Morgan fingerprint density at radius 1 is 1.19 bits per heavy atom. The van der Waals surface area contributed by atoms with Gasteiger partial charge in [-0.3, -0.25) is 4.79 Å². The van der Waals surface area contributed by atoms with Gasteiger partial charge in [0, 0.05) is 17.0 Å². The zero-order valence-electron chi connectivity index (χ0n) is 8.20. The van der Waals surface area contributed by atoms with E-state index in [1.807, 2.05) is 0 Å². The van der Waals surface area contributed by atoms with Crippen molar-refractivity contribution in [2.75, 3.05) is 0 Å². The van der Waals surface area contributed by atoms with Crippen LogP contribution in [0.4, 0.5) is 13.2 Å². The summed E-state index contributed by atoms with van der Waals surface area (Å²) in [5.41, 5.74) is -0.553. The lowest BCUT2D eigenvalue weighted by atomic mass is 9.87. The number of hydrogen-bond donors (Lipinski definition) is 0. The molecule has 1 aromatic rings. The van der Waals surface area contributed by atoms with Crippen molar-refractivity contribution in [1.29, 1.82) is 0 Å². The maximum Gasteiger partial charge on any atom is 0.416 e. The number of ketones is 1. The fraction of sp³-hybridized carbons (Fsp3) is 0.364. The average molecular weight is 249 g/mol. The molecule has 0 unspecified atom stereocenters. The minimum atomic E-state index is -4.45. The molecular formula is C11H8ClF3O. The van der Waals surface area contributed by atoms with Crippen LogP contribution >= 0.6 is 11.6 Å².